The molecule has 1 atom stereocenters. The van der Waals surface area contributed by atoms with E-state index in [-0.39, 0.29) is 23.2 Å². The van der Waals surface area contributed by atoms with Crippen molar-refractivity contribution >= 4 is 39.0 Å². The average Bonchev–Trinajstić information content (AvgIpc) is 3.43. The van der Waals surface area contributed by atoms with Crippen LogP contribution in [0.1, 0.15) is 11.3 Å². The molecule has 1 fully saturated rings. The summed E-state index contributed by atoms with van der Waals surface area (Å²) in [6.45, 7) is 2.17. The Morgan fingerprint density at radius 2 is 1.90 bits per heavy atom. The van der Waals surface area contributed by atoms with Gasteiger partial charge in [0.15, 0.2) is 0 Å². The predicted molar refractivity (Wildman–Crippen MR) is 121 cm³/mol. The van der Waals surface area contributed by atoms with E-state index in [0.29, 0.717) is 5.75 Å². The van der Waals surface area contributed by atoms with Gasteiger partial charge in [-0.1, -0.05) is 48.0 Å². The molecule has 4 rings (SSSR count). The van der Waals surface area contributed by atoms with Gasteiger partial charge in [0.25, 0.3) is 0 Å². The smallest absolute Gasteiger partial charge is 0.244 e. The Bertz CT molecular complexity index is 1130. The molecule has 156 valence electrons. The number of benzene rings is 2. The Morgan fingerprint density at radius 1 is 1.17 bits per heavy atom. The number of carbonyl (C=O) groups excluding carboxylic acids is 1. The monoisotopic (exact) mass is 459 g/mol. The number of nitrogens with zero attached hydrogens (tertiary/aromatic N) is 2. The Hall–Kier alpha value is -2.20. The third kappa shape index (κ3) is 4.44. The van der Waals surface area contributed by atoms with Gasteiger partial charge in [-0.15, -0.1) is 23.1 Å². The van der Waals surface area contributed by atoms with Crippen molar-refractivity contribution in [1.82, 2.24) is 14.6 Å². The van der Waals surface area contributed by atoms with Gasteiger partial charge in [0.1, 0.15) is 11.0 Å². The number of carbonyl (C=O) groups is 1. The fraction of sp³-hybridized carbons (Fsp3) is 0.238. The quantitative estimate of drug-likeness (QED) is 0.610. The Balaban J connectivity index is 1.43. The predicted octanol–water partition coefficient (Wildman–Crippen LogP) is 3.50. The van der Waals surface area contributed by atoms with Gasteiger partial charge in [0.05, 0.1) is 23.0 Å². The van der Waals surface area contributed by atoms with Crippen molar-refractivity contribution in [2.45, 2.75) is 24.4 Å². The molecule has 0 saturated carbocycles. The maximum absolute atomic E-state index is 13.0. The van der Waals surface area contributed by atoms with Gasteiger partial charge < -0.3 is 5.32 Å². The summed E-state index contributed by atoms with van der Waals surface area (Å²) in [5.41, 5.74) is 2.77. The number of hydrogen-bond donors (Lipinski definition) is 1. The molecular weight excluding hydrogens is 438 g/mol. The highest BCUT2D eigenvalue weighted by atomic mass is 32.2. The van der Waals surface area contributed by atoms with Crippen LogP contribution in [-0.2, 0) is 21.4 Å². The lowest BCUT2D eigenvalue weighted by atomic mass is 10.2. The maximum atomic E-state index is 13.0. The van der Waals surface area contributed by atoms with Gasteiger partial charge in [-0.2, -0.15) is 4.31 Å². The summed E-state index contributed by atoms with van der Waals surface area (Å²) in [4.78, 5) is 17.6. The molecule has 0 radical (unpaired) electrons. The average molecular weight is 460 g/mol. The largest absolute Gasteiger partial charge is 0.349 e. The Labute approximate surface area is 184 Å². The molecular formula is C21H21N3O3S3. The Morgan fingerprint density at radius 3 is 2.63 bits per heavy atom. The van der Waals surface area contributed by atoms with Crippen LogP contribution in [0.4, 0.5) is 0 Å². The van der Waals surface area contributed by atoms with Crippen molar-refractivity contribution in [2.75, 3.05) is 11.6 Å². The maximum Gasteiger partial charge on any atom is 0.244 e. The van der Waals surface area contributed by atoms with Crippen LogP contribution in [0, 0.1) is 6.92 Å². The summed E-state index contributed by atoms with van der Waals surface area (Å²) in [5, 5.41) is 5.65. The van der Waals surface area contributed by atoms with Crippen LogP contribution >= 0.6 is 23.1 Å². The molecule has 1 aliphatic rings. The lowest BCUT2D eigenvalue weighted by Gasteiger charge is -2.22. The third-order valence-corrected chi connectivity index (χ3v) is 8.77. The number of aromatic nitrogens is 1. The van der Waals surface area contributed by atoms with E-state index in [1.807, 2.05) is 42.6 Å². The standard InChI is InChI=1S/C21H21N3O3S3/c1-15-7-9-18(10-8-15)30(26,27)24-14-28-13-19(24)20(25)22-11-17-12-29-21(23-17)16-5-3-2-4-6-16/h2-10,12,19H,11,13-14H2,1H3,(H,22,25)/t19-/m1/s1. The van der Waals surface area contributed by atoms with Crippen LogP contribution in [0.2, 0.25) is 0 Å². The van der Waals surface area contributed by atoms with Crippen molar-refractivity contribution < 1.29 is 13.2 Å². The minimum Gasteiger partial charge on any atom is -0.349 e. The van der Waals surface area contributed by atoms with Crippen LogP contribution < -0.4 is 5.32 Å². The normalized spacial score (nSPS) is 17.2. The molecule has 1 amide bonds. The summed E-state index contributed by atoms with van der Waals surface area (Å²) < 4.78 is 27.3. The Kier molecular flexibility index (Phi) is 6.24. The second kappa shape index (κ2) is 8.89. The molecule has 6 nitrogen and oxygen atoms in total. The number of thioether (sulfide) groups is 1. The zero-order valence-corrected chi connectivity index (χ0v) is 18.8. The van der Waals surface area contributed by atoms with E-state index in [1.165, 1.54) is 27.4 Å². The van der Waals surface area contributed by atoms with E-state index < -0.39 is 16.1 Å². The summed E-state index contributed by atoms with van der Waals surface area (Å²) in [6.07, 6.45) is 0. The van der Waals surface area contributed by atoms with Crippen LogP contribution in [0.3, 0.4) is 0 Å². The molecule has 2 aromatic carbocycles. The first-order valence-corrected chi connectivity index (χ1v) is 12.9. The highest BCUT2D eigenvalue weighted by Gasteiger charge is 2.39. The van der Waals surface area contributed by atoms with Gasteiger partial charge >= 0.3 is 0 Å². The molecule has 1 saturated heterocycles. The van der Waals surface area contributed by atoms with E-state index in [4.69, 9.17) is 0 Å². The number of sulfonamides is 1. The van der Waals surface area contributed by atoms with E-state index in [1.54, 1.807) is 24.3 Å². The van der Waals surface area contributed by atoms with Gasteiger partial charge in [0.2, 0.25) is 15.9 Å². The van der Waals surface area contributed by atoms with Crippen molar-refractivity contribution in [3.63, 3.8) is 0 Å². The first-order valence-electron chi connectivity index (χ1n) is 9.39. The molecule has 9 heteroatoms. The van der Waals surface area contributed by atoms with E-state index in [0.717, 1.165) is 21.8 Å². The van der Waals surface area contributed by atoms with E-state index in [9.17, 15) is 13.2 Å². The number of amides is 1. The highest BCUT2D eigenvalue weighted by Crippen LogP contribution is 2.29. The molecule has 3 aromatic rings. The molecule has 0 aliphatic carbocycles. The molecule has 0 spiro atoms. The molecule has 2 heterocycles. The van der Waals surface area contributed by atoms with Gasteiger partial charge in [-0.3, -0.25) is 4.79 Å². The first-order chi connectivity index (χ1) is 14.4. The van der Waals surface area contributed by atoms with Crippen molar-refractivity contribution in [2.24, 2.45) is 0 Å². The molecule has 1 N–H and O–H groups in total. The molecule has 0 bridgehead atoms. The van der Waals surface area contributed by atoms with Gasteiger partial charge in [-0.25, -0.2) is 13.4 Å². The number of rotatable bonds is 6. The van der Waals surface area contributed by atoms with Crippen molar-refractivity contribution in [1.29, 1.82) is 0 Å². The number of nitrogens with one attached hydrogen (secondary N) is 1. The molecule has 30 heavy (non-hydrogen) atoms. The third-order valence-electron chi connectivity index (χ3n) is 4.79. The van der Waals surface area contributed by atoms with Crippen LogP contribution in [0.5, 0.6) is 0 Å². The zero-order chi connectivity index (χ0) is 21.1. The summed E-state index contributed by atoms with van der Waals surface area (Å²) in [7, 11) is -3.73. The fourth-order valence-corrected chi connectivity index (χ4v) is 7.09. The van der Waals surface area contributed by atoms with E-state index >= 15 is 0 Å². The van der Waals surface area contributed by atoms with Crippen molar-refractivity contribution in [3.8, 4) is 10.6 Å². The number of thiazole rings is 1. The highest BCUT2D eigenvalue weighted by molar-refractivity contribution is 8.00. The SMILES string of the molecule is Cc1ccc(S(=O)(=O)N2CSC[C@@H]2C(=O)NCc2csc(-c3ccccc3)n2)cc1. The van der Waals surface area contributed by atoms with Crippen LogP contribution in [0.25, 0.3) is 10.6 Å². The second-order valence-corrected chi connectivity index (χ2v) is 10.7. The zero-order valence-electron chi connectivity index (χ0n) is 16.3. The van der Waals surface area contributed by atoms with Crippen LogP contribution in [-0.4, -0.2) is 41.3 Å². The van der Waals surface area contributed by atoms with E-state index in [2.05, 4.69) is 10.3 Å². The topological polar surface area (TPSA) is 79.4 Å². The number of hydrogen-bond acceptors (Lipinski definition) is 6. The van der Waals surface area contributed by atoms with Crippen molar-refractivity contribution in [3.05, 3.63) is 71.2 Å². The molecule has 0 unspecified atom stereocenters. The minimum absolute atomic E-state index is 0.209. The number of aryl methyl sites for hydroxylation is 1. The summed E-state index contributed by atoms with van der Waals surface area (Å²) >= 11 is 2.96. The second-order valence-electron chi connectivity index (χ2n) is 6.95. The first kappa shape index (κ1) is 21.0. The van der Waals surface area contributed by atoms with Crippen LogP contribution in [0.15, 0.2) is 64.9 Å². The molecule has 1 aliphatic heterocycles. The minimum atomic E-state index is -3.73. The fourth-order valence-electron chi connectivity index (χ4n) is 3.11. The van der Waals surface area contributed by atoms with Gasteiger partial charge in [-0.05, 0) is 19.1 Å². The lowest BCUT2D eigenvalue weighted by Crippen LogP contribution is -2.46. The lowest BCUT2D eigenvalue weighted by molar-refractivity contribution is -0.124. The summed E-state index contributed by atoms with van der Waals surface area (Å²) in [6, 6.07) is 15.8. The molecule has 1 aromatic heterocycles. The summed E-state index contributed by atoms with van der Waals surface area (Å²) in [5.74, 6) is 0.400. The van der Waals surface area contributed by atoms with Gasteiger partial charge in [0, 0.05) is 16.7 Å².